The van der Waals surface area contributed by atoms with Crippen LogP contribution in [0.1, 0.15) is 50.5 Å². The Morgan fingerprint density at radius 1 is 1.15 bits per heavy atom. The van der Waals surface area contributed by atoms with Crippen molar-refractivity contribution in [2.75, 3.05) is 6.61 Å². The maximum Gasteiger partial charge on any atom is 0.123 e. The van der Waals surface area contributed by atoms with Gasteiger partial charge in [-0.05, 0) is 31.7 Å². The Balaban J connectivity index is 1.54. The first-order valence-electron chi connectivity index (χ1n) is 7.76. The molecule has 2 fully saturated rings. The molecule has 0 aromatic heterocycles. The first kappa shape index (κ1) is 14.4. The number of hydrogen-bond donors (Lipinski definition) is 0. The lowest BCUT2D eigenvalue weighted by molar-refractivity contribution is -0.0749. The summed E-state index contributed by atoms with van der Waals surface area (Å²) >= 11 is 3.51. The van der Waals surface area contributed by atoms with Gasteiger partial charge in [-0.25, -0.2) is 0 Å². The van der Waals surface area contributed by atoms with E-state index in [2.05, 4.69) is 22.0 Å². The van der Waals surface area contributed by atoms with E-state index in [0.717, 1.165) is 17.5 Å². The van der Waals surface area contributed by atoms with E-state index in [4.69, 9.17) is 9.47 Å². The predicted octanol–water partition coefficient (Wildman–Crippen LogP) is 4.84. The molecule has 1 heterocycles. The van der Waals surface area contributed by atoms with Gasteiger partial charge in [0, 0.05) is 10.9 Å². The molecule has 1 saturated heterocycles. The highest BCUT2D eigenvalue weighted by atomic mass is 79.9. The molecule has 1 aromatic carbocycles. The zero-order chi connectivity index (χ0) is 13.8. The van der Waals surface area contributed by atoms with Crippen LogP contribution in [-0.2, 0) is 10.1 Å². The maximum atomic E-state index is 6.35. The Bertz CT molecular complexity index is 440. The number of benzene rings is 1. The first-order chi connectivity index (χ1) is 9.81. The van der Waals surface area contributed by atoms with Crippen LogP contribution in [0.15, 0.2) is 24.3 Å². The van der Waals surface area contributed by atoms with Crippen LogP contribution in [0.3, 0.4) is 0 Å². The van der Waals surface area contributed by atoms with E-state index in [1.54, 1.807) is 0 Å². The summed E-state index contributed by atoms with van der Waals surface area (Å²) in [6, 6.07) is 8.22. The number of rotatable bonds is 4. The van der Waals surface area contributed by atoms with Crippen molar-refractivity contribution in [1.82, 2.24) is 0 Å². The van der Waals surface area contributed by atoms with Gasteiger partial charge >= 0.3 is 0 Å². The van der Waals surface area contributed by atoms with Crippen LogP contribution in [0.2, 0.25) is 0 Å². The van der Waals surface area contributed by atoms with E-state index in [1.807, 2.05) is 18.2 Å². The molecule has 1 saturated carbocycles. The molecule has 2 nitrogen and oxygen atoms in total. The van der Waals surface area contributed by atoms with Crippen LogP contribution in [0, 0.1) is 0 Å². The topological polar surface area (TPSA) is 18.5 Å². The van der Waals surface area contributed by atoms with Crippen LogP contribution in [0.4, 0.5) is 0 Å². The molecule has 0 bridgehead atoms. The van der Waals surface area contributed by atoms with E-state index in [9.17, 15) is 0 Å². The molecule has 1 unspecified atom stereocenters. The van der Waals surface area contributed by atoms with Gasteiger partial charge in [0.15, 0.2) is 0 Å². The average Bonchev–Trinajstić information content (AvgIpc) is 2.89. The van der Waals surface area contributed by atoms with Crippen LogP contribution in [0.5, 0.6) is 5.75 Å². The van der Waals surface area contributed by atoms with E-state index in [1.165, 1.54) is 44.1 Å². The number of hydrogen-bond acceptors (Lipinski definition) is 2. The fourth-order valence-corrected chi connectivity index (χ4v) is 3.98. The first-order valence-corrected chi connectivity index (χ1v) is 8.88. The van der Waals surface area contributed by atoms with Gasteiger partial charge in [-0.3, -0.25) is 0 Å². The van der Waals surface area contributed by atoms with Gasteiger partial charge in [0.25, 0.3) is 0 Å². The third kappa shape index (κ3) is 3.20. The molecule has 0 radical (unpaired) electrons. The molecule has 1 atom stereocenters. The van der Waals surface area contributed by atoms with Crippen molar-refractivity contribution in [3.8, 4) is 5.75 Å². The molecular weight excluding hydrogens is 316 g/mol. The lowest BCUT2D eigenvalue weighted by atomic mass is 9.83. The number of para-hydroxylation sites is 1. The molecule has 2 aliphatic rings. The molecule has 3 rings (SSSR count). The molecule has 1 aliphatic heterocycles. The van der Waals surface area contributed by atoms with E-state index < -0.39 is 0 Å². The van der Waals surface area contributed by atoms with Crippen LogP contribution < -0.4 is 4.74 Å². The summed E-state index contributed by atoms with van der Waals surface area (Å²) in [6.07, 6.45) is 9.20. The second-order valence-corrected chi connectivity index (χ2v) is 6.64. The Labute approximate surface area is 130 Å². The molecular formula is C17H23BrO2. The highest BCUT2D eigenvalue weighted by Gasteiger charge is 2.40. The fraction of sp³-hybridized carbons (Fsp3) is 0.647. The second kappa shape index (κ2) is 6.48. The summed E-state index contributed by atoms with van der Waals surface area (Å²) in [4.78, 5) is 0. The van der Waals surface area contributed by atoms with Gasteiger partial charge in [-0.2, -0.15) is 0 Å². The van der Waals surface area contributed by atoms with Crippen molar-refractivity contribution in [2.24, 2.45) is 0 Å². The smallest absolute Gasteiger partial charge is 0.123 e. The fourth-order valence-electron chi connectivity index (χ4n) is 3.51. The predicted molar refractivity (Wildman–Crippen MR) is 84.5 cm³/mol. The minimum Gasteiger partial charge on any atom is -0.491 e. The summed E-state index contributed by atoms with van der Waals surface area (Å²) in [7, 11) is 0. The van der Waals surface area contributed by atoms with Crippen LogP contribution in [-0.4, -0.2) is 18.3 Å². The molecule has 0 amide bonds. The highest BCUT2D eigenvalue weighted by Crippen LogP contribution is 2.42. The molecule has 1 aromatic rings. The zero-order valence-corrected chi connectivity index (χ0v) is 13.5. The SMILES string of the molecule is BrCc1ccccc1OCC1CCC2(CCCCC2)O1. The number of halogens is 1. The number of alkyl halides is 1. The standard InChI is InChI=1S/C17H23BrO2/c18-12-14-6-2-3-7-16(14)19-13-15-8-11-17(20-15)9-4-1-5-10-17/h2-3,6-7,15H,1,4-5,8-13H2. The van der Waals surface area contributed by atoms with Crippen molar-refractivity contribution in [1.29, 1.82) is 0 Å². The van der Waals surface area contributed by atoms with Crippen molar-refractivity contribution in [2.45, 2.75) is 62.0 Å². The van der Waals surface area contributed by atoms with Crippen molar-refractivity contribution in [3.05, 3.63) is 29.8 Å². The third-order valence-corrected chi connectivity index (χ3v) is 5.25. The lowest BCUT2D eigenvalue weighted by Crippen LogP contribution is -2.32. The van der Waals surface area contributed by atoms with Gasteiger partial charge < -0.3 is 9.47 Å². The van der Waals surface area contributed by atoms with Crippen LogP contribution >= 0.6 is 15.9 Å². The largest absolute Gasteiger partial charge is 0.491 e. The van der Waals surface area contributed by atoms with Gasteiger partial charge in [-0.1, -0.05) is 53.4 Å². The molecule has 0 N–H and O–H groups in total. The summed E-state index contributed by atoms with van der Waals surface area (Å²) in [5.41, 5.74) is 1.40. The molecule has 1 aliphatic carbocycles. The summed E-state index contributed by atoms with van der Waals surface area (Å²) < 4.78 is 12.3. The van der Waals surface area contributed by atoms with E-state index in [0.29, 0.717) is 6.61 Å². The Kier molecular flexibility index (Phi) is 4.67. The Morgan fingerprint density at radius 2 is 1.95 bits per heavy atom. The van der Waals surface area contributed by atoms with Crippen LogP contribution in [0.25, 0.3) is 0 Å². The van der Waals surface area contributed by atoms with Crippen molar-refractivity contribution >= 4 is 15.9 Å². The normalized spacial score (nSPS) is 24.9. The van der Waals surface area contributed by atoms with E-state index in [-0.39, 0.29) is 11.7 Å². The molecule has 20 heavy (non-hydrogen) atoms. The van der Waals surface area contributed by atoms with Gasteiger partial charge in [0.05, 0.1) is 11.7 Å². The van der Waals surface area contributed by atoms with Crippen molar-refractivity contribution < 1.29 is 9.47 Å². The van der Waals surface area contributed by atoms with Gasteiger partial charge in [0.2, 0.25) is 0 Å². The van der Waals surface area contributed by atoms with E-state index >= 15 is 0 Å². The third-order valence-electron chi connectivity index (χ3n) is 4.64. The quantitative estimate of drug-likeness (QED) is 0.731. The summed E-state index contributed by atoms with van der Waals surface area (Å²) in [5, 5.41) is 0.832. The number of ether oxygens (including phenoxy) is 2. The monoisotopic (exact) mass is 338 g/mol. The van der Waals surface area contributed by atoms with Gasteiger partial charge in [-0.15, -0.1) is 0 Å². The molecule has 110 valence electrons. The molecule has 1 spiro atoms. The minimum atomic E-state index is 0.196. The average molecular weight is 339 g/mol. The minimum absolute atomic E-state index is 0.196. The molecule has 3 heteroatoms. The zero-order valence-electron chi connectivity index (χ0n) is 11.9. The second-order valence-electron chi connectivity index (χ2n) is 6.07. The van der Waals surface area contributed by atoms with Gasteiger partial charge in [0.1, 0.15) is 12.4 Å². The lowest BCUT2D eigenvalue weighted by Gasteiger charge is -2.33. The maximum absolute atomic E-state index is 6.35. The highest BCUT2D eigenvalue weighted by molar-refractivity contribution is 9.08. The van der Waals surface area contributed by atoms with Crippen molar-refractivity contribution in [3.63, 3.8) is 0 Å². The summed E-state index contributed by atoms with van der Waals surface area (Å²) in [6.45, 7) is 0.686. The Hall–Kier alpha value is -0.540. The summed E-state index contributed by atoms with van der Waals surface area (Å²) in [5.74, 6) is 0.984. The Morgan fingerprint density at radius 3 is 2.75 bits per heavy atom.